The summed E-state index contributed by atoms with van der Waals surface area (Å²) in [6, 6.07) is 12.6. The van der Waals surface area contributed by atoms with Gasteiger partial charge in [-0.25, -0.2) is 8.42 Å². The van der Waals surface area contributed by atoms with Gasteiger partial charge in [-0.05, 0) is 56.2 Å². The second kappa shape index (κ2) is 8.97. The van der Waals surface area contributed by atoms with E-state index in [-0.39, 0.29) is 22.6 Å². The highest BCUT2D eigenvalue weighted by atomic mass is 32.2. The van der Waals surface area contributed by atoms with E-state index in [0.29, 0.717) is 30.8 Å². The quantitative estimate of drug-likeness (QED) is 0.736. The zero-order valence-corrected chi connectivity index (χ0v) is 18.2. The lowest BCUT2D eigenvalue weighted by Gasteiger charge is -2.23. The largest absolute Gasteiger partial charge is 0.326 e. The number of nitrogens with one attached hydrogen (secondary N) is 2. The third-order valence-corrected chi connectivity index (χ3v) is 7.00. The second-order valence-electron chi connectivity index (χ2n) is 7.80. The van der Waals surface area contributed by atoms with E-state index in [1.54, 1.807) is 48.5 Å². The number of anilines is 2. The summed E-state index contributed by atoms with van der Waals surface area (Å²) >= 11 is 0. The van der Waals surface area contributed by atoms with Crippen LogP contribution in [0.25, 0.3) is 0 Å². The molecule has 1 saturated heterocycles. The lowest BCUT2D eigenvalue weighted by molar-refractivity contribution is -0.119. The minimum absolute atomic E-state index is 0.0882. The van der Waals surface area contributed by atoms with Crippen LogP contribution < -0.4 is 10.6 Å². The van der Waals surface area contributed by atoms with Gasteiger partial charge in [0, 0.05) is 23.8 Å². The Morgan fingerprint density at radius 1 is 0.967 bits per heavy atom. The van der Waals surface area contributed by atoms with Gasteiger partial charge in [0.2, 0.25) is 21.8 Å². The number of benzene rings is 2. The number of carbonyl (C=O) groups excluding carboxylic acids is 2. The van der Waals surface area contributed by atoms with Crippen molar-refractivity contribution in [2.45, 2.75) is 44.6 Å². The monoisotopic (exact) mass is 429 g/mol. The predicted molar refractivity (Wildman–Crippen MR) is 117 cm³/mol. The van der Waals surface area contributed by atoms with Crippen molar-refractivity contribution in [3.05, 3.63) is 54.1 Å². The zero-order chi connectivity index (χ0) is 21.9. The van der Waals surface area contributed by atoms with Crippen molar-refractivity contribution in [2.75, 3.05) is 17.2 Å². The lowest BCUT2D eigenvalue weighted by atomic mass is 10.2. The predicted octanol–water partition coefficient (Wildman–Crippen LogP) is 3.38. The van der Waals surface area contributed by atoms with Crippen LogP contribution in [0.4, 0.5) is 11.4 Å². The van der Waals surface area contributed by atoms with E-state index < -0.39 is 16.1 Å². The highest BCUT2D eigenvalue weighted by Gasteiger charge is 2.39. The van der Waals surface area contributed by atoms with Crippen molar-refractivity contribution in [3.8, 4) is 0 Å². The molecule has 1 fully saturated rings. The first-order valence-electron chi connectivity index (χ1n) is 9.99. The van der Waals surface area contributed by atoms with Gasteiger partial charge in [-0.15, -0.1) is 0 Å². The smallest absolute Gasteiger partial charge is 0.243 e. The molecule has 0 saturated carbocycles. The Labute approximate surface area is 177 Å². The van der Waals surface area contributed by atoms with E-state index in [4.69, 9.17) is 0 Å². The molecule has 2 aromatic rings. The second-order valence-corrected chi connectivity index (χ2v) is 9.69. The van der Waals surface area contributed by atoms with Crippen molar-refractivity contribution in [1.29, 1.82) is 0 Å². The van der Waals surface area contributed by atoms with Crippen molar-refractivity contribution in [2.24, 2.45) is 5.92 Å². The summed E-state index contributed by atoms with van der Waals surface area (Å²) in [6.45, 7) is 5.82. The van der Waals surface area contributed by atoms with Gasteiger partial charge in [0.25, 0.3) is 0 Å². The van der Waals surface area contributed by atoms with E-state index in [1.165, 1.54) is 4.31 Å². The average molecular weight is 430 g/mol. The zero-order valence-electron chi connectivity index (χ0n) is 17.4. The van der Waals surface area contributed by atoms with Crippen LogP contribution in [-0.4, -0.2) is 37.1 Å². The van der Waals surface area contributed by atoms with Crippen LogP contribution in [0.2, 0.25) is 0 Å². The highest BCUT2D eigenvalue weighted by Crippen LogP contribution is 2.27. The average Bonchev–Trinajstić information content (AvgIpc) is 3.21. The van der Waals surface area contributed by atoms with Gasteiger partial charge < -0.3 is 10.6 Å². The van der Waals surface area contributed by atoms with Crippen LogP contribution in [-0.2, 0) is 19.6 Å². The molecule has 0 radical (unpaired) electrons. The Balaban J connectivity index is 1.70. The highest BCUT2D eigenvalue weighted by molar-refractivity contribution is 7.89. The molecule has 7 nitrogen and oxygen atoms in total. The molecule has 0 spiro atoms. The molecular weight excluding hydrogens is 402 g/mol. The Morgan fingerprint density at radius 2 is 1.53 bits per heavy atom. The van der Waals surface area contributed by atoms with Crippen LogP contribution in [0.5, 0.6) is 0 Å². The fraction of sp³-hybridized carbons (Fsp3) is 0.364. The summed E-state index contributed by atoms with van der Waals surface area (Å²) in [6.07, 6.45) is 1.10. The summed E-state index contributed by atoms with van der Waals surface area (Å²) < 4.78 is 27.3. The summed E-state index contributed by atoms with van der Waals surface area (Å²) in [5.74, 6) is -0.579. The summed E-state index contributed by atoms with van der Waals surface area (Å²) in [5.41, 5.74) is 2.15. The first-order valence-corrected chi connectivity index (χ1v) is 11.4. The molecule has 0 unspecified atom stereocenters. The van der Waals surface area contributed by atoms with Crippen LogP contribution in [0, 0.1) is 12.8 Å². The maximum Gasteiger partial charge on any atom is 0.243 e. The summed E-state index contributed by atoms with van der Waals surface area (Å²) in [5, 5.41) is 5.58. The number of amides is 2. The molecule has 8 heteroatoms. The van der Waals surface area contributed by atoms with Crippen LogP contribution >= 0.6 is 0 Å². The van der Waals surface area contributed by atoms with Crippen LogP contribution in [0.15, 0.2) is 53.4 Å². The van der Waals surface area contributed by atoms with Gasteiger partial charge >= 0.3 is 0 Å². The molecule has 0 aromatic heterocycles. The van der Waals surface area contributed by atoms with Gasteiger partial charge in [0.1, 0.15) is 6.04 Å². The SMILES string of the molecule is Cc1ccc(S(=O)(=O)N2CCC[C@H]2C(=O)Nc2ccc(NC(=O)C(C)C)cc2)cc1. The Morgan fingerprint density at radius 3 is 2.10 bits per heavy atom. The van der Waals surface area contributed by atoms with Gasteiger partial charge in [-0.3, -0.25) is 9.59 Å². The molecule has 3 rings (SSSR count). The van der Waals surface area contributed by atoms with Crippen molar-refractivity contribution in [3.63, 3.8) is 0 Å². The van der Waals surface area contributed by atoms with E-state index in [2.05, 4.69) is 10.6 Å². The molecule has 1 atom stereocenters. The third-order valence-electron chi connectivity index (χ3n) is 5.08. The number of carbonyl (C=O) groups is 2. The molecule has 2 N–H and O–H groups in total. The van der Waals surface area contributed by atoms with E-state index in [9.17, 15) is 18.0 Å². The molecule has 30 heavy (non-hydrogen) atoms. The normalized spacial score (nSPS) is 17.1. The Kier molecular flexibility index (Phi) is 6.58. The molecule has 160 valence electrons. The molecule has 0 aliphatic carbocycles. The lowest BCUT2D eigenvalue weighted by Crippen LogP contribution is -2.43. The topological polar surface area (TPSA) is 95.6 Å². The van der Waals surface area contributed by atoms with Crippen LogP contribution in [0.1, 0.15) is 32.3 Å². The molecule has 1 aliphatic heterocycles. The molecule has 0 bridgehead atoms. The van der Waals surface area contributed by atoms with E-state index >= 15 is 0 Å². The molecule has 2 aromatic carbocycles. The van der Waals surface area contributed by atoms with Gasteiger partial charge in [0.05, 0.1) is 4.90 Å². The van der Waals surface area contributed by atoms with E-state index in [1.807, 2.05) is 20.8 Å². The van der Waals surface area contributed by atoms with Gasteiger partial charge in [-0.1, -0.05) is 31.5 Å². The number of nitrogens with zero attached hydrogens (tertiary/aromatic N) is 1. The van der Waals surface area contributed by atoms with Gasteiger partial charge in [0.15, 0.2) is 0 Å². The first kappa shape index (κ1) is 22.0. The number of hydrogen-bond donors (Lipinski definition) is 2. The first-order chi connectivity index (χ1) is 14.2. The van der Waals surface area contributed by atoms with E-state index in [0.717, 1.165) is 5.56 Å². The minimum atomic E-state index is -3.75. The fourth-order valence-corrected chi connectivity index (χ4v) is 4.94. The van der Waals surface area contributed by atoms with Gasteiger partial charge in [-0.2, -0.15) is 4.31 Å². The molecule has 1 aliphatic rings. The Hall–Kier alpha value is -2.71. The maximum atomic E-state index is 13.0. The maximum absolute atomic E-state index is 13.0. The number of hydrogen-bond acceptors (Lipinski definition) is 4. The summed E-state index contributed by atoms with van der Waals surface area (Å²) in [4.78, 5) is 24.8. The van der Waals surface area contributed by atoms with Crippen molar-refractivity contribution >= 4 is 33.2 Å². The molecule has 1 heterocycles. The minimum Gasteiger partial charge on any atom is -0.326 e. The molecular formula is C22H27N3O4S. The Bertz CT molecular complexity index is 1020. The summed E-state index contributed by atoms with van der Waals surface area (Å²) in [7, 11) is -3.75. The van der Waals surface area contributed by atoms with Crippen molar-refractivity contribution < 1.29 is 18.0 Å². The molecule has 2 amide bonds. The standard InChI is InChI=1S/C22H27N3O4S/c1-15(2)21(26)23-17-8-10-18(11-9-17)24-22(27)20-5-4-14-25(20)30(28,29)19-12-6-16(3)7-13-19/h6-13,15,20H,4-5,14H2,1-3H3,(H,23,26)(H,24,27)/t20-/m0/s1. The third kappa shape index (κ3) is 4.88. The number of sulfonamides is 1. The van der Waals surface area contributed by atoms with Crippen molar-refractivity contribution in [1.82, 2.24) is 4.31 Å². The van der Waals surface area contributed by atoms with Crippen LogP contribution in [0.3, 0.4) is 0 Å². The number of rotatable bonds is 6. The fourth-order valence-electron chi connectivity index (χ4n) is 3.28. The number of aryl methyl sites for hydroxylation is 1.